The first-order valence-corrected chi connectivity index (χ1v) is 6.52. The van der Waals surface area contributed by atoms with Crippen molar-refractivity contribution in [2.75, 3.05) is 5.32 Å². The van der Waals surface area contributed by atoms with Crippen molar-refractivity contribution in [2.45, 2.75) is 25.8 Å². The van der Waals surface area contributed by atoms with Gasteiger partial charge in [0, 0.05) is 12.2 Å². The summed E-state index contributed by atoms with van der Waals surface area (Å²) in [5.41, 5.74) is 1.28. The molecule has 5 nitrogen and oxygen atoms in total. The molecular formula is C15H17N3O2. The molecule has 1 unspecified atom stereocenters. The predicted octanol–water partition coefficient (Wildman–Crippen LogP) is 2.61. The minimum Gasteiger partial charge on any atom is -0.477 e. The number of carboxylic acids is 1. The summed E-state index contributed by atoms with van der Waals surface area (Å²) in [4.78, 5) is 18.8. The van der Waals surface area contributed by atoms with Crippen LogP contribution in [0.5, 0.6) is 0 Å². The van der Waals surface area contributed by atoms with Gasteiger partial charge in [0.2, 0.25) is 5.95 Å². The van der Waals surface area contributed by atoms with Crippen LogP contribution < -0.4 is 5.32 Å². The molecular weight excluding hydrogens is 254 g/mol. The molecule has 0 aliphatic heterocycles. The van der Waals surface area contributed by atoms with Crippen LogP contribution in [0, 0.1) is 0 Å². The normalized spacial score (nSPS) is 11.8. The zero-order chi connectivity index (χ0) is 14.4. The fraction of sp³-hybridized carbons (Fsp3) is 0.267. The van der Waals surface area contributed by atoms with Crippen LogP contribution in [0.2, 0.25) is 0 Å². The fourth-order valence-electron chi connectivity index (χ4n) is 1.87. The van der Waals surface area contributed by atoms with Gasteiger partial charge < -0.3 is 10.4 Å². The lowest BCUT2D eigenvalue weighted by Gasteiger charge is -2.13. The molecule has 2 N–H and O–H groups in total. The topological polar surface area (TPSA) is 75.1 Å². The standard InChI is InChI=1S/C15H17N3O2/c1-11(7-8-12-5-3-2-4-6-12)17-15-16-10-9-13(18-15)14(19)20/h2-6,9-11H,7-8H2,1H3,(H,19,20)(H,16,17,18). The summed E-state index contributed by atoms with van der Waals surface area (Å²) >= 11 is 0. The molecule has 0 aliphatic carbocycles. The van der Waals surface area contributed by atoms with Crippen LogP contribution in [-0.2, 0) is 6.42 Å². The van der Waals surface area contributed by atoms with Gasteiger partial charge in [-0.15, -0.1) is 0 Å². The van der Waals surface area contributed by atoms with Crippen LogP contribution >= 0.6 is 0 Å². The molecule has 1 aromatic carbocycles. The van der Waals surface area contributed by atoms with Crippen molar-refractivity contribution >= 4 is 11.9 Å². The van der Waals surface area contributed by atoms with E-state index in [0.717, 1.165) is 12.8 Å². The van der Waals surface area contributed by atoms with E-state index in [1.807, 2.05) is 25.1 Å². The Morgan fingerprint density at radius 1 is 1.30 bits per heavy atom. The number of aryl methyl sites for hydroxylation is 1. The number of aromatic nitrogens is 2. The van der Waals surface area contributed by atoms with Crippen LogP contribution in [0.4, 0.5) is 5.95 Å². The number of hydrogen-bond acceptors (Lipinski definition) is 4. The summed E-state index contributed by atoms with van der Waals surface area (Å²) in [6, 6.07) is 11.8. The summed E-state index contributed by atoms with van der Waals surface area (Å²) in [5.74, 6) is -0.696. The maximum absolute atomic E-state index is 10.8. The lowest BCUT2D eigenvalue weighted by atomic mass is 10.1. The summed E-state index contributed by atoms with van der Waals surface area (Å²) in [6.45, 7) is 2.03. The van der Waals surface area contributed by atoms with Gasteiger partial charge in [0.15, 0.2) is 5.69 Å². The summed E-state index contributed by atoms with van der Waals surface area (Å²) in [5, 5.41) is 12.0. The third kappa shape index (κ3) is 4.05. The molecule has 0 fully saturated rings. The average Bonchev–Trinajstić information content (AvgIpc) is 2.46. The van der Waals surface area contributed by atoms with E-state index in [-0.39, 0.29) is 11.7 Å². The number of carbonyl (C=O) groups is 1. The van der Waals surface area contributed by atoms with E-state index in [4.69, 9.17) is 5.11 Å². The molecule has 1 aromatic heterocycles. The number of anilines is 1. The van der Waals surface area contributed by atoms with Crippen molar-refractivity contribution in [3.8, 4) is 0 Å². The van der Waals surface area contributed by atoms with Crippen LogP contribution in [-0.4, -0.2) is 27.1 Å². The first-order chi connectivity index (χ1) is 9.65. The Labute approximate surface area is 117 Å². The Bertz CT molecular complexity index is 572. The lowest BCUT2D eigenvalue weighted by Crippen LogP contribution is -2.18. The van der Waals surface area contributed by atoms with Crippen LogP contribution in [0.3, 0.4) is 0 Å². The minimum atomic E-state index is -1.05. The van der Waals surface area contributed by atoms with Crippen molar-refractivity contribution in [2.24, 2.45) is 0 Å². The highest BCUT2D eigenvalue weighted by atomic mass is 16.4. The number of nitrogens with one attached hydrogen (secondary N) is 1. The van der Waals surface area contributed by atoms with E-state index < -0.39 is 5.97 Å². The molecule has 1 atom stereocenters. The van der Waals surface area contributed by atoms with Gasteiger partial charge in [-0.05, 0) is 31.4 Å². The van der Waals surface area contributed by atoms with Crippen molar-refractivity contribution in [3.05, 3.63) is 53.9 Å². The Hall–Kier alpha value is -2.43. The number of hydrogen-bond donors (Lipinski definition) is 2. The van der Waals surface area contributed by atoms with E-state index >= 15 is 0 Å². The third-order valence-electron chi connectivity index (χ3n) is 2.96. The SMILES string of the molecule is CC(CCc1ccccc1)Nc1nccc(C(=O)O)n1. The zero-order valence-corrected chi connectivity index (χ0v) is 11.3. The smallest absolute Gasteiger partial charge is 0.354 e. The van der Waals surface area contributed by atoms with E-state index in [1.54, 1.807) is 0 Å². The van der Waals surface area contributed by atoms with E-state index in [0.29, 0.717) is 5.95 Å². The first-order valence-electron chi connectivity index (χ1n) is 6.52. The lowest BCUT2D eigenvalue weighted by molar-refractivity contribution is 0.0690. The third-order valence-corrected chi connectivity index (χ3v) is 2.96. The minimum absolute atomic E-state index is 0.00207. The molecule has 0 radical (unpaired) electrons. The van der Waals surface area contributed by atoms with Crippen molar-refractivity contribution in [1.82, 2.24) is 9.97 Å². The summed E-state index contributed by atoms with van der Waals surface area (Å²) < 4.78 is 0. The second-order valence-electron chi connectivity index (χ2n) is 4.64. The molecule has 2 rings (SSSR count). The van der Waals surface area contributed by atoms with E-state index in [1.165, 1.54) is 17.8 Å². The number of aromatic carboxylic acids is 1. The Morgan fingerprint density at radius 2 is 2.05 bits per heavy atom. The molecule has 20 heavy (non-hydrogen) atoms. The Balaban J connectivity index is 1.89. The van der Waals surface area contributed by atoms with Crippen LogP contribution in [0.15, 0.2) is 42.6 Å². The van der Waals surface area contributed by atoms with Crippen LogP contribution in [0.1, 0.15) is 29.4 Å². The molecule has 2 aromatic rings. The molecule has 0 spiro atoms. The van der Waals surface area contributed by atoms with Gasteiger partial charge in [-0.1, -0.05) is 30.3 Å². The van der Waals surface area contributed by atoms with Gasteiger partial charge >= 0.3 is 5.97 Å². The quantitative estimate of drug-likeness (QED) is 0.844. The van der Waals surface area contributed by atoms with Gasteiger partial charge in [-0.3, -0.25) is 0 Å². The maximum atomic E-state index is 10.8. The van der Waals surface area contributed by atoms with Crippen molar-refractivity contribution in [1.29, 1.82) is 0 Å². The number of carboxylic acid groups (broad SMARTS) is 1. The summed E-state index contributed by atoms with van der Waals surface area (Å²) in [7, 11) is 0. The van der Waals surface area contributed by atoms with Gasteiger partial charge in [-0.2, -0.15) is 0 Å². The average molecular weight is 271 g/mol. The van der Waals surface area contributed by atoms with Gasteiger partial charge in [0.1, 0.15) is 0 Å². The molecule has 0 saturated carbocycles. The Morgan fingerprint density at radius 3 is 2.75 bits per heavy atom. The number of benzene rings is 1. The van der Waals surface area contributed by atoms with E-state index in [9.17, 15) is 4.79 Å². The zero-order valence-electron chi connectivity index (χ0n) is 11.3. The van der Waals surface area contributed by atoms with Gasteiger partial charge in [-0.25, -0.2) is 14.8 Å². The van der Waals surface area contributed by atoms with Crippen LogP contribution in [0.25, 0.3) is 0 Å². The van der Waals surface area contributed by atoms with Gasteiger partial charge in [0.05, 0.1) is 0 Å². The van der Waals surface area contributed by atoms with Gasteiger partial charge in [0.25, 0.3) is 0 Å². The number of nitrogens with zero attached hydrogens (tertiary/aromatic N) is 2. The number of rotatable bonds is 6. The summed E-state index contributed by atoms with van der Waals surface area (Å²) in [6.07, 6.45) is 3.32. The molecule has 0 saturated heterocycles. The van der Waals surface area contributed by atoms with E-state index in [2.05, 4.69) is 27.4 Å². The second kappa shape index (κ2) is 6.65. The fourth-order valence-corrected chi connectivity index (χ4v) is 1.87. The molecule has 0 bridgehead atoms. The highest BCUT2D eigenvalue weighted by Gasteiger charge is 2.08. The molecule has 5 heteroatoms. The highest BCUT2D eigenvalue weighted by molar-refractivity contribution is 5.85. The van der Waals surface area contributed by atoms with Crippen molar-refractivity contribution in [3.63, 3.8) is 0 Å². The molecule has 1 heterocycles. The maximum Gasteiger partial charge on any atom is 0.354 e. The van der Waals surface area contributed by atoms with Crippen molar-refractivity contribution < 1.29 is 9.90 Å². The predicted molar refractivity (Wildman–Crippen MR) is 76.8 cm³/mol. The first kappa shape index (κ1) is 14.0. The Kier molecular flexibility index (Phi) is 4.65. The molecule has 0 aliphatic rings. The monoisotopic (exact) mass is 271 g/mol. The largest absolute Gasteiger partial charge is 0.477 e. The molecule has 104 valence electrons. The second-order valence-corrected chi connectivity index (χ2v) is 4.64. The molecule has 0 amide bonds. The highest BCUT2D eigenvalue weighted by Crippen LogP contribution is 2.08.